The molecule has 134 valence electrons. The van der Waals surface area contributed by atoms with E-state index in [-0.39, 0.29) is 11.9 Å². The first-order valence-corrected chi connectivity index (χ1v) is 8.48. The first kappa shape index (κ1) is 17.4. The summed E-state index contributed by atoms with van der Waals surface area (Å²) in [6, 6.07) is 6.89. The number of benzene rings is 1. The Morgan fingerprint density at radius 1 is 1.24 bits per heavy atom. The smallest absolute Gasteiger partial charge is 0.378 e. The Bertz CT molecular complexity index is 832. The number of nitrogens with zero attached hydrogens (tertiary/aromatic N) is 2. The summed E-state index contributed by atoms with van der Waals surface area (Å²) in [5, 5.41) is 3.64. The van der Waals surface area contributed by atoms with Crippen molar-refractivity contribution in [3.8, 4) is 0 Å². The second-order valence-electron chi connectivity index (χ2n) is 7.11. The molecule has 1 aliphatic heterocycles. The van der Waals surface area contributed by atoms with E-state index in [0.29, 0.717) is 10.9 Å². The number of nitrogens with one attached hydrogen (secondary N) is 1. The minimum absolute atomic E-state index is 0.128. The van der Waals surface area contributed by atoms with Gasteiger partial charge >= 0.3 is 5.97 Å². The zero-order chi connectivity index (χ0) is 18.0. The van der Waals surface area contributed by atoms with E-state index in [4.69, 9.17) is 9.57 Å². The largest absolute Gasteiger partial charge is 0.454 e. The lowest BCUT2D eigenvalue weighted by Gasteiger charge is -2.25. The van der Waals surface area contributed by atoms with Gasteiger partial charge in [-0.1, -0.05) is 12.1 Å². The van der Waals surface area contributed by atoms with Crippen LogP contribution in [0.4, 0.5) is 0 Å². The van der Waals surface area contributed by atoms with E-state index in [1.165, 1.54) is 0 Å². The Morgan fingerprint density at radius 3 is 2.60 bits per heavy atom. The fourth-order valence-corrected chi connectivity index (χ4v) is 2.72. The van der Waals surface area contributed by atoms with Gasteiger partial charge in [0.15, 0.2) is 0 Å². The van der Waals surface area contributed by atoms with Crippen LogP contribution in [0, 0.1) is 0 Å². The molecule has 1 N–H and O–H groups in total. The van der Waals surface area contributed by atoms with Crippen LogP contribution in [-0.4, -0.2) is 40.5 Å². The maximum absolute atomic E-state index is 12.9. The second-order valence-corrected chi connectivity index (χ2v) is 7.11. The molecule has 0 saturated carbocycles. The topological polar surface area (TPSA) is 82.5 Å². The zero-order valence-corrected chi connectivity index (χ0v) is 14.7. The van der Waals surface area contributed by atoms with Gasteiger partial charge in [-0.05, 0) is 58.8 Å². The lowest BCUT2D eigenvalue weighted by Crippen LogP contribution is -2.43. The molecule has 7 heteroatoms. The van der Waals surface area contributed by atoms with Crippen molar-refractivity contribution in [2.45, 2.75) is 45.3 Å². The molecule has 1 fully saturated rings. The van der Waals surface area contributed by atoms with Gasteiger partial charge in [0.1, 0.15) is 11.7 Å². The molecule has 3 rings (SSSR count). The lowest BCUT2D eigenvalue weighted by molar-refractivity contribution is -0.0136. The first-order chi connectivity index (χ1) is 11.8. The van der Waals surface area contributed by atoms with Crippen LogP contribution in [0.3, 0.4) is 0 Å². The van der Waals surface area contributed by atoms with Crippen LogP contribution in [0.1, 0.15) is 44.2 Å². The standard InChI is InChI=1S/C18H23N3O4/c1-18(2,3)24-17(23)15-20-14-7-5-4-6-13(14)16(22)21(15)25-12-8-10-19-11-9-12/h4-7,12,19H,8-11H2,1-3H3. The van der Waals surface area contributed by atoms with E-state index in [0.717, 1.165) is 30.7 Å². The van der Waals surface area contributed by atoms with Gasteiger partial charge < -0.3 is 14.9 Å². The van der Waals surface area contributed by atoms with Gasteiger partial charge in [0.25, 0.3) is 11.4 Å². The molecule has 0 aliphatic carbocycles. The van der Waals surface area contributed by atoms with Gasteiger partial charge in [0, 0.05) is 0 Å². The third-order valence-corrected chi connectivity index (χ3v) is 3.86. The summed E-state index contributed by atoms with van der Waals surface area (Å²) >= 11 is 0. The number of fused-ring (bicyclic) bond motifs is 1. The molecule has 0 amide bonds. The van der Waals surface area contributed by atoms with Crippen LogP contribution in [0.25, 0.3) is 10.9 Å². The maximum atomic E-state index is 12.9. The fraction of sp³-hybridized carbons (Fsp3) is 0.500. The summed E-state index contributed by atoms with van der Waals surface area (Å²) < 4.78 is 6.41. The van der Waals surface area contributed by atoms with Crippen molar-refractivity contribution in [3.63, 3.8) is 0 Å². The van der Waals surface area contributed by atoms with Crippen LogP contribution in [-0.2, 0) is 4.74 Å². The highest BCUT2D eigenvalue weighted by molar-refractivity contribution is 5.89. The number of rotatable bonds is 3. The molecular weight excluding hydrogens is 322 g/mol. The van der Waals surface area contributed by atoms with Crippen molar-refractivity contribution >= 4 is 16.9 Å². The second kappa shape index (κ2) is 6.84. The van der Waals surface area contributed by atoms with Crippen molar-refractivity contribution in [2.24, 2.45) is 0 Å². The van der Waals surface area contributed by atoms with Crippen LogP contribution >= 0.6 is 0 Å². The van der Waals surface area contributed by atoms with Gasteiger partial charge in [0.2, 0.25) is 0 Å². The van der Waals surface area contributed by atoms with Gasteiger partial charge in [-0.2, -0.15) is 0 Å². The molecular formula is C18H23N3O4. The summed E-state index contributed by atoms with van der Waals surface area (Å²) in [6.07, 6.45) is 1.36. The van der Waals surface area contributed by atoms with E-state index < -0.39 is 17.1 Å². The maximum Gasteiger partial charge on any atom is 0.378 e. The Kier molecular flexibility index (Phi) is 4.76. The number of aromatic nitrogens is 2. The molecule has 25 heavy (non-hydrogen) atoms. The predicted molar refractivity (Wildman–Crippen MR) is 93.6 cm³/mol. The van der Waals surface area contributed by atoms with E-state index >= 15 is 0 Å². The molecule has 0 unspecified atom stereocenters. The molecule has 1 aromatic heterocycles. The summed E-state index contributed by atoms with van der Waals surface area (Å²) in [5.41, 5.74) is -0.649. The third kappa shape index (κ3) is 3.99. The van der Waals surface area contributed by atoms with Crippen LogP contribution in [0.2, 0.25) is 0 Å². The summed E-state index contributed by atoms with van der Waals surface area (Å²) in [4.78, 5) is 35.6. The highest BCUT2D eigenvalue weighted by Crippen LogP contribution is 2.14. The average molecular weight is 345 g/mol. The molecule has 0 radical (unpaired) electrons. The van der Waals surface area contributed by atoms with Crippen LogP contribution in [0.15, 0.2) is 29.1 Å². The molecule has 1 saturated heterocycles. The quantitative estimate of drug-likeness (QED) is 0.850. The first-order valence-electron chi connectivity index (χ1n) is 8.48. The number of ether oxygens (including phenoxy) is 1. The van der Waals surface area contributed by atoms with Gasteiger partial charge in [-0.3, -0.25) is 4.79 Å². The van der Waals surface area contributed by atoms with Crippen molar-refractivity contribution in [2.75, 3.05) is 13.1 Å². The molecule has 2 aromatic rings. The molecule has 7 nitrogen and oxygen atoms in total. The number of carbonyl (C=O) groups is 1. The number of hydrogen-bond acceptors (Lipinski definition) is 6. The van der Waals surface area contributed by atoms with Gasteiger partial charge in [0.05, 0.1) is 10.9 Å². The number of esters is 1. The normalized spacial score (nSPS) is 16.0. The monoisotopic (exact) mass is 345 g/mol. The van der Waals surface area contributed by atoms with Crippen molar-refractivity contribution in [1.82, 2.24) is 15.0 Å². The molecule has 0 atom stereocenters. The number of piperidine rings is 1. The Labute approximate surface area is 145 Å². The summed E-state index contributed by atoms with van der Waals surface area (Å²) in [7, 11) is 0. The minimum Gasteiger partial charge on any atom is -0.454 e. The van der Waals surface area contributed by atoms with Gasteiger partial charge in [-0.15, -0.1) is 4.73 Å². The lowest BCUT2D eigenvalue weighted by atomic mass is 10.1. The van der Waals surface area contributed by atoms with E-state index in [2.05, 4.69) is 10.3 Å². The molecule has 0 bridgehead atoms. The Hall–Kier alpha value is -2.41. The fourth-order valence-electron chi connectivity index (χ4n) is 2.72. The highest BCUT2D eigenvalue weighted by Gasteiger charge is 2.26. The minimum atomic E-state index is -0.694. The molecule has 2 heterocycles. The summed E-state index contributed by atoms with van der Waals surface area (Å²) in [6.45, 7) is 6.91. The molecule has 1 aromatic carbocycles. The zero-order valence-electron chi connectivity index (χ0n) is 14.7. The Balaban J connectivity index is 2.07. The van der Waals surface area contributed by atoms with Crippen molar-refractivity contribution in [3.05, 3.63) is 40.4 Å². The molecule has 0 spiro atoms. The average Bonchev–Trinajstić information content (AvgIpc) is 2.56. The predicted octanol–water partition coefficient (Wildman–Crippen LogP) is 1.53. The highest BCUT2D eigenvalue weighted by atomic mass is 16.7. The van der Waals surface area contributed by atoms with Gasteiger partial charge in [-0.25, -0.2) is 9.78 Å². The number of para-hydroxylation sites is 1. The van der Waals surface area contributed by atoms with E-state index in [1.54, 1.807) is 45.0 Å². The van der Waals surface area contributed by atoms with Crippen LogP contribution < -0.4 is 15.7 Å². The van der Waals surface area contributed by atoms with E-state index in [9.17, 15) is 9.59 Å². The number of hydrogen-bond donors (Lipinski definition) is 1. The van der Waals surface area contributed by atoms with Crippen molar-refractivity contribution < 1.29 is 14.4 Å². The SMILES string of the molecule is CC(C)(C)OC(=O)c1nc2ccccc2c(=O)n1OC1CCNCC1. The third-order valence-electron chi connectivity index (χ3n) is 3.86. The van der Waals surface area contributed by atoms with E-state index in [1.807, 2.05) is 0 Å². The summed E-state index contributed by atoms with van der Waals surface area (Å²) in [5.74, 6) is -0.804. The van der Waals surface area contributed by atoms with Crippen molar-refractivity contribution in [1.29, 1.82) is 0 Å². The Morgan fingerprint density at radius 2 is 1.92 bits per heavy atom. The number of carbonyl (C=O) groups excluding carboxylic acids is 1. The molecule has 1 aliphatic rings. The van der Waals surface area contributed by atoms with Crippen LogP contribution in [0.5, 0.6) is 0 Å².